The van der Waals surface area contributed by atoms with Crippen molar-refractivity contribution in [2.75, 3.05) is 0 Å². The Morgan fingerprint density at radius 3 is 2.86 bits per heavy atom. The third kappa shape index (κ3) is 2.28. The third-order valence-electron chi connectivity index (χ3n) is 3.01. The van der Waals surface area contributed by atoms with E-state index in [-0.39, 0.29) is 6.10 Å². The number of rotatable bonds is 2. The van der Waals surface area contributed by atoms with E-state index in [1.165, 1.54) is 5.56 Å². The first kappa shape index (κ1) is 10.0. The minimum absolute atomic E-state index is 0.103. The van der Waals surface area contributed by atoms with Crippen LogP contribution in [0.2, 0.25) is 5.02 Å². The summed E-state index contributed by atoms with van der Waals surface area (Å²) >= 11 is 5.90. The average Bonchev–Trinajstić information content (AvgIpc) is 2.52. The smallest absolute Gasteiger partial charge is 0.0571 e. The van der Waals surface area contributed by atoms with Crippen LogP contribution in [-0.4, -0.2) is 11.2 Å². The van der Waals surface area contributed by atoms with Crippen molar-refractivity contribution in [1.82, 2.24) is 0 Å². The van der Waals surface area contributed by atoms with Gasteiger partial charge < -0.3 is 5.11 Å². The van der Waals surface area contributed by atoms with Crippen LogP contribution in [0.15, 0.2) is 24.3 Å². The second-order valence-corrected chi connectivity index (χ2v) is 4.53. The Kier molecular flexibility index (Phi) is 3.09. The molecule has 0 radical (unpaired) electrons. The van der Waals surface area contributed by atoms with Gasteiger partial charge in [0.25, 0.3) is 0 Å². The van der Waals surface area contributed by atoms with Crippen molar-refractivity contribution in [3.63, 3.8) is 0 Å². The lowest BCUT2D eigenvalue weighted by Crippen LogP contribution is -2.15. The normalized spacial score (nSPS) is 26.7. The first-order chi connectivity index (χ1) is 6.75. The van der Waals surface area contributed by atoms with E-state index in [2.05, 4.69) is 6.07 Å². The van der Waals surface area contributed by atoms with Crippen LogP contribution in [0.25, 0.3) is 0 Å². The Bertz CT molecular complexity index is 311. The summed E-state index contributed by atoms with van der Waals surface area (Å²) in [4.78, 5) is 0. The van der Waals surface area contributed by atoms with Gasteiger partial charge in [0.1, 0.15) is 0 Å². The maximum absolute atomic E-state index is 9.69. The van der Waals surface area contributed by atoms with Crippen LogP contribution in [0.5, 0.6) is 0 Å². The van der Waals surface area contributed by atoms with Crippen molar-refractivity contribution in [2.45, 2.75) is 31.8 Å². The highest BCUT2D eigenvalue weighted by atomic mass is 35.5. The fourth-order valence-electron chi connectivity index (χ4n) is 2.22. The molecule has 1 aliphatic rings. The molecule has 0 spiro atoms. The molecular weight excluding hydrogens is 196 g/mol. The van der Waals surface area contributed by atoms with Crippen LogP contribution >= 0.6 is 11.6 Å². The van der Waals surface area contributed by atoms with Crippen molar-refractivity contribution in [1.29, 1.82) is 0 Å². The number of hydrogen-bond acceptors (Lipinski definition) is 1. The van der Waals surface area contributed by atoms with Crippen LogP contribution in [0.4, 0.5) is 0 Å². The second kappa shape index (κ2) is 4.33. The zero-order valence-corrected chi connectivity index (χ0v) is 8.87. The quantitative estimate of drug-likeness (QED) is 0.796. The molecule has 1 nitrogen and oxygen atoms in total. The van der Waals surface area contributed by atoms with E-state index < -0.39 is 0 Å². The minimum Gasteiger partial charge on any atom is -0.393 e. The highest BCUT2D eigenvalue weighted by Gasteiger charge is 2.24. The van der Waals surface area contributed by atoms with Crippen molar-refractivity contribution in [2.24, 2.45) is 5.92 Å². The molecule has 1 aliphatic carbocycles. The monoisotopic (exact) mass is 210 g/mol. The molecule has 1 aromatic carbocycles. The summed E-state index contributed by atoms with van der Waals surface area (Å²) in [6.45, 7) is 0. The molecule has 0 amide bonds. The van der Waals surface area contributed by atoms with Gasteiger partial charge in [-0.2, -0.15) is 0 Å². The third-order valence-corrected chi connectivity index (χ3v) is 3.24. The lowest BCUT2D eigenvalue weighted by molar-refractivity contribution is 0.132. The Morgan fingerprint density at radius 2 is 2.21 bits per heavy atom. The molecule has 2 rings (SSSR count). The molecule has 0 unspecified atom stereocenters. The van der Waals surface area contributed by atoms with Crippen molar-refractivity contribution in [3.05, 3.63) is 34.9 Å². The molecule has 2 heteroatoms. The van der Waals surface area contributed by atoms with E-state index in [0.29, 0.717) is 5.92 Å². The number of aliphatic hydroxyl groups is 1. The predicted octanol–water partition coefficient (Wildman–Crippen LogP) is 3.04. The summed E-state index contributed by atoms with van der Waals surface area (Å²) in [6.07, 6.45) is 4.13. The maximum Gasteiger partial charge on any atom is 0.0571 e. The minimum atomic E-state index is -0.103. The first-order valence-corrected chi connectivity index (χ1v) is 5.56. The van der Waals surface area contributed by atoms with Crippen molar-refractivity contribution in [3.8, 4) is 0 Å². The zero-order chi connectivity index (χ0) is 9.97. The number of aliphatic hydroxyl groups excluding tert-OH is 1. The molecule has 76 valence electrons. The summed E-state index contributed by atoms with van der Waals surface area (Å²) in [7, 11) is 0. The van der Waals surface area contributed by atoms with Crippen LogP contribution in [0.3, 0.4) is 0 Å². The van der Waals surface area contributed by atoms with E-state index in [0.717, 1.165) is 30.7 Å². The van der Waals surface area contributed by atoms with E-state index in [1.807, 2.05) is 18.2 Å². The predicted molar refractivity (Wildman–Crippen MR) is 58.5 cm³/mol. The Balaban J connectivity index is 2.03. The van der Waals surface area contributed by atoms with Crippen LogP contribution in [0.1, 0.15) is 24.8 Å². The van der Waals surface area contributed by atoms with E-state index in [4.69, 9.17) is 11.6 Å². The van der Waals surface area contributed by atoms with Crippen molar-refractivity contribution >= 4 is 11.6 Å². The van der Waals surface area contributed by atoms with Gasteiger partial charge in [-0.25, -0.2) is 0 Å². The summed E-state index contributed by atoms with van der Waals surface area (Å²) in [5, 5.41) is 10.5. The average molecular weight is 211 g/mol. The molecule has 0 heterocycles. The van der Waals surface area contributed by atoms with E-state index >= 15 is 0 Å². The van der Waals surface area contributed by atoms with Gasteiger partial charge in [0.05, 0.1) is 6.10 Å². The molecule has 1 saturated carbocycles. The van der Waals surface area contributed by atoms with Crippen molar-refractivity contribution < 1.29 is 5.11 Å². The summed E-state index contributed by atoms with van der Waals surface area (Å²) in [5.41, 5.74) is 1.24. The molecule has 1 N–H and O–H groups in total. The fourth-order valence-corrected chi connectivity index (χ4v) is 2.43. The molecule has 1 aromatic rings. The highest BCUT2D eigenvalue weighted by molar-refractivity contribution is 6.30. The largest absolute Gasteiger partial charge is 0.393 e. The highest BCUT2D eigenvalue weighted by Crippen LogP contribution is 2.29. The number of benzene rings is 1. The van der Waals surface area contributed by atoms with E-state index in [9.17, 15) is 5.11 Å². The van der Waals surface area contributed by atoms with Gasteiger partial charge in [-0.05, 0) is 42.9 Å². The molecular formula is C12H15ClO. The van der Waals surface area contributed by atoms with Gasteiger partial charge in [-0.1, -0.05) is 30.2 Å². The standard InChI is InChI=1S/C12H15ClO/c13-11-5-1-3-9(8-11)7-10-4-2-6-12(10)14/h1,3,5,8,10,12,14H,2,4,6-7H2/t10-,12+/m0/s1. The summed E-state index contributed by atoms with van der Waals surface area (Å²) in [6, 6.07) is 7.93. The Hall–Kier alpha value is -0.530. The first-order valence-electron chi connectivity index (χ1n) is 5.18. The molecule has 0 aromatic heterocycles. The van der Waals surface area contributed by atoms with Gasteiger partial charge in [0, 0.05) is 5.02 Å². The van der Waals surface area contributed by atoms with Crippen LogP contribution in [0, 0.1) is 5.92 Å². The van der Waals surface area contributed by atoms with Crippen LogP contribution < -0.4 is 0 Å². The van der Waals surface area contributed by atoms with Gasteiger partial charge in [0.2, 0.25) is 0 Å². The Labute approximate surface area is 89.7 Å². The molecule has 0 saturated heterocycles. The summed E-state index contributed by atoms with van der Waals surface area (Å²) in [5.74, 6) is 0.438. The maximum atomic E-state index is 9.69. The fraction of sp³-hybridized carbons (Fsp3) is 0.500. The van der Waals surface area contributed by atoms with Gasteiger partial charge >= 0.3 is 0 Å². The molecule has 1 fully saturated rings. The van der Waals surface area contributed by atoms with Gasteiger partial charge in [-0.3, -0.25) is 0 Å². The molecule has 0 bridgehead atoms. The zero-order valence-electron chi connectivity index (χ0n) is 8.12. The Morgan fingerprint density at radius 1 is 1.36 bits per heavy atom. The molecule has 2 atom stereocenters. The van der Waals surface area contributed by atoms with Crippen LogP contribution in [-0.2, 0) is 6.42 Å². The topological polar surface area (TPSA) is 20.2 Å². The van der Waals surface area contributed by atoms with Gasteiger partial charge in [-0.15, -0.1) is 0 Å². The lowest BCUT2D eigenvalue weighted by atomic mass is 9.96. The lowest BCUT2D eigenvalue weighted by Gasteiger charge is -2.14. The summed E-state index contributed by atoms with van der Waals surface area (Å²) < 4.78 is 0. The van der Waals surface area contributed by atoms with Gasteiger partial charge in [0.15, 0.2) is 0 Å². The molecule has 14 heavy (non-hydrogen) atoms. The molecule has 0 aliphatic heterocycles. The number of halogens is 1. The SMILES string of the molecule is O[C@@H]1CCC[C@H]1Cc1cccc(Cl)c1. The van der Waals surface area contributed by atoms with E-state index in [1.54, 1.807) is 0 Å². The number of hydrogen-bond donors (Lipinski definition) is 1. The second-order valence-electron chi connectivity index (χ2n) is 4.09.